The van der Waals surface area contributed by atoms with E-state index in [0.717, 1.165) is 0 Å². The van der Waals surface area contributed by atoms with Crippen molar-refractivity contribution in [2.45, 2.75) is 4.90 Å². The molecule has 6 nitrogen and oxygen atoms in total. The summed E-state index contributed by atoms with van der Waals surface area (Å²) in [6, 6.07) is 4.13. The van der Waals surface area contributed by atoms with Crippen LogP contribution in [0.4, 0.5) is 5.69 Å². The van der Waals surface area contributed by atoms with Crippen LogP contribution in [0.1, 0.15) is 10.4 Å². The van der Waals surface area contributed by atoms with Gasteiger partial charge < -0.3 is 10.8 Å². The molecule has 4 N–H and O–H groups in total. The molecule has 76 valence electrons. The van der Waals surface area contributed by atoms with E-state index in [1.165, 1.54) is 18.2 Å². The van der Waals surface area contributed by atoms with Gasteiger partial charge in [0.15, 0.2) is 0 Å². The fraction of sp³-hybridized carbons (Fsp3) is 0. The molecule has 1 rings (SSSR count). The Bertz CT molecular complexity index is 343. The van der Waals surface area contributed by atoms with Gasteiger partial charge in [-0.05, 0) is 18.2 Å². The Labute approximate surface area is 83.3 Å². The molecule has 0 aromatic heterocycles. The number of nitrogen functional groups attached to an aromatic ring is 1. The average Bonchev–Trinajstić information content (AvgIpc) is 2.14. The second-order valence-electron chi connectivity index (χ2n) is 2.32. The molecule has 0 unspecified atom stereocenters. The fourth-order valence-electron chi connectivity index (χ4n) is 0.848. The van der Waals surface area contributed by atoms with E-state index in [4.69, 9.17) is 16.1 Å². The number of carbonyl (C=O) groups is 1. The third-order valence-corrected chi connectivity index (χ3v) is 1.89. The van der Waals surface area contributed by atoms with Crippen LogP contribution in [0.25, 0.3) is 0 Å². The number of nitrogens with two attached hydrogens (primary N) is 1. The predicted octanol–water partition coefficient (Wildman–Crippen LogP) is 1.40. The van der Waals surface area contributed by atoms with Crippen LogP contribution in [0, 0.1) is 0 Å². The molecule has 0 saturated carbocycles. The van der Waals surface area contributed by atoms with Crippen LogP contribution in [0.2, 0.25) is 0 Å². The maximum atomic E-state index is 10.6. The quantitative estimate of drug-likeness (QED) is 0.303. The molecule has 0 amide bonds. The molecule has 14 heavy (non-hydrogen) atoms. The Morgan fingerprint density at radius 2 is 2.14 bits per heavy atom. The lowest BCUT2D eigenvalue weighted by molar-refractivity contribution is -0.432. The van der Waals surface area contributed by atoms with Gasteiger partial charge in [0, 0.05) is 10.6 Å². The third-order valence-electron chi connectivity index (χ3n) is 1.34. The molecule has 0 saturated heterocycles. The minimum Gasteiger partial charge on any atom is -0.478 e. The molecule has 0 radical (unpaired) electrons. The van der Waals surface area contributed by atoms with Crippen molar-refractivity contribution in [2.75, 3.05) is 5.73 Å². The second kappa shape index (κ2) is 4.82. The Morgan fingerprint density at radius 1 is 1.43 bits per heavy atom. The summed E-state index contributed by atoms with van der Waals surface area (Å²) in [6.07, 6.45) is 0. The first-order valence-electron chi connectivity index (χ1n) is 3.42. The molecule has 0 fully saturated rings. The van der Waals surface area contributed by atoms with E-state index < -0.39 is 5.97 Å². The number of carboxylic acids is 1. The first-order chi connectivity index (χ1) is 6.63. The number of hydrogen-bond donors (Lipinski definition) is 3. The molecule has 1 aromatic carbocycles. The van der Waals surface area contributed by atoms with E-state index in [1.807, 2.05) is 0 Å². The van der Waals surface area contributed by atoms with E-state index in [-0.39, 0.29) is 11.3 Å². The zero-order chi connectivity index (χ0) is 10.6. The lowest BCUT2D eigenvalue weighted by Crippen LogP contribution is -1.98. The Morgan fingerprint density at radius 3 is 2.71 bits per heavy atom. The van der Waals surface area contributed by atoms with Crippen LogP contribution in [0.5, 0.6) is 0 Å². The maximum absolute atomic E-state index is 10.6. The predicted molar refractivity (Wildman–Crippen MR) is 48.5 cm³/mol. The summed E-state index contributed by atoms with van der Waals surface area (Å²) in [7, 11) is 0. The van der Waals surface area contributed by atoms with E-state index in [0.29, 0.717) is 16.9 Å². The smallest absolute Gasteiger partial charge is 0.335 e. The van der Waals surface area contributed by atoms with Gasteiger partial charge in [0.1, 0.15) is 0 Å². The summed E-state index contributed by atoms with van der Waals surface area (Å²) in [5, 5.41) is 19.9. The number of benzene rings is 1. The molecule has 0 atom stereocenters. The number of carboxylic acid groups (broad SMARTS) is 1. The van der Waals surface area contributed by atoms with Crippen molar-refractivity contribution in [3.05, 3.63) is 23.8 Å². The standard InChI is InChI=1S/C7H7NO5S/c8-5-1-4(7(9)10)2-6(3-5)14-13-12-11/h1-3,11H,8H2,(H,9,10). The van der Waals surface area contributed by atoms with E-state index in [9.17, 15) is 4.79 Å². The highest BCUT2D eigenvalue weighted by Gasteiger charge is 2.06. The van der Waals surface area contributed by atoms with Crippen LogP contribution >= 0.6 is 12.0 Å². The number of rotatable bonds is 4. The first-order valence-corrected chi connectivity index (χ1v) is 4.16. The van der Waals surface area contributed by atoms with Gasteiger partial charge in [-0.15, -0.1) is 4.33 Å². The third kappa shape index (κ3) is 2.89. The van der Waals surface area contributed by atoms with E-state index >= 15 is 0 Å². The molecule has 0 aliphatic rings. The van der Waals surface area contributed by atoms with Crippen molar-refractivity contribution in [1.29, 1.82) is 0 Å². The number of aromatic carboxylic acids is 1. The van der Waals surface area contributed by atoms with Gasteiger partial charge in [0.05, 0.1) is 17.6 Å². The lowest BCUT2D eigenvalue weighted by Gasteiger charge is -2.01. The van der Waals surface area contributed by atoms with Crippen molar-refractivity contribution in [2.24, 2.45) is 0 Å². The first kappa shape index (κ1) is 10.8. The molecule has 0 spiro atoms. The van der Waals surface area contributed by atoms with Crippen molar-refractivity contribution >= 4 is 23.7 Å². The summed E-state index contributed by atoms with van der Waals surface area (Å²) < 4.78 is 4.13. The van der Waals surface area contributed by atoms with Crippen LogP contribution in [0.15, 0.2) is 23.1 Å². The molecule has 7 heteroatoms. The van der Waals surface area contributed by atoms with Crippen LogP contribution in [0.3, 0.4) is 0 Å². The summed E-state index contributed by atoms with van der Waals surface area (Å²) in [6.45, 7) is 0. The molecule has 0 aliphatic heterocycles. The van der Waals surface area contributed by atoms with Crippen LogP contribution < -0.4 is 5.73 Å². The minimum atomic E-state index is -1.09. The molecule has 0 bridgehead atoms. The second-order valence-corrected chi connectivity index (χ2v) is 3.10. The zero-order valence-electron chi connectivity index (χ0n) is 6.84. The molecule has 1 aromatic rings. The Kier molecular flexibility index (Phi) is 3.72. The van der Waals surface area contributed by atoms with Crippen molar-refractivity contribution in [3.63, 3.8) is 0 Å². The average molecular weight is 217 g/mol. The van der Waals surface area contributed by atoms with Gasteiger partial charge in [-0.25, -0.2) is 10.1 Å². The number of hydrogen-bond acceptors (Lipinski definition) is 6. The molecule has 0 heterocycles. The Hall–Kier alpha value is -1.28. The fourth-order valence-corrected chi connectivity index (χ4v) is 1.32. The van der Waals surface area contributed by atoms with Gasteiger partial charge in [-0.3, -0.25) is 0 Å². The highest BCUT2D eigenvalue weighted by Crippen LogP contribution is 2.23. The SMILES string of the molecule is Nc1cc(SOOO)cc(C(=O)O)c1. The van der Waals surface area contributed by atoms with Gasteiger partial charge in [0.2, 0.25) is 0 Å². The summed E-state index contributed by atoms with van der Waals surface area (Å²) in [5.74, 6) is -1.09. The van der Waals surface area contributed by atoms with Crippen molar-refractivity contribution in [1.82, 2.24) is 0 Å². The highest BCUT2D eigenvalue weighted by atomic mass is 32.2. The largest absolute Gasteiger partial charge is 0.478 e. The maximum Gasteiger partial charge on any atom is 0.335 e. The summed E-state index contributed by atoms with van der Waals surface area (Å²) in [5.41, 5.74) is 5.76. The number of anilines is 1. The van der Waals surface area contributed by atoms with Gasteiger partial charge in [-0.1, -0.05) is 5.04 Å². The van der Waals surface area contributed by atoms with Gasteiger partial charge in [0.25, 0.3) is 0 Å². The van der Waals surface area contributed by atoms with Crippen LogP contribution in [-0.2, 0) is 9.37 Å². The highest BCUT2D eigenvalue weighted by molar-refractivity contribution is 7.94. The van der Waals surface area contributed by atoms with Crippen molar-refractivity contribution in [3.8, 4) is 0 Å². The van der Waals surface area contributed by atoms with Crippen LogP contribution in [-0.4, -0.2) is 16.3 Å². The van der Waals surface area contributed by atoms with Crippen molar-refractivity contribution < 1.29 is 24.5 Å². The zero-order valence-corrected chi connectivity index (χ0v) is 7.65. The van der Waals surface area contributed by atoms with Gasteiger partial charge >= 0.3 is 5.97 Å². The van der Waals surface area contributed by atoms with E-state index in [1.54, 1.807) is 0 Å². The monoisotopic (exact) mass is 217 g/mol. The summed E-state index contributed by atoms with van der Waals surface area (Å²) in [4.78, 5) is 11.0. The topological polar surface area (TPSA) is 102 Å². The Balaban J connectivity index is 2.89. The normalized spacial score (nSPS) is 10.1. The summed E-state index contributed by atoms with van der Waals surface area (Å²) >= 11 is 0.651. The molecular formula is C7H7NO5S. The lowest BCUT2D eigenvalue weighted by atomic mass is 10.2. The van der Waals surface area contributed by atoms with E-state index in [2.05, 4.69) is 9.37 Å². The van der Waals surface area contributed by atoms with Gasteiger partial charge in [-0.2, -0.15) is 0 Å². The molecule has 0 aliphatic carbocycles. The minimum absolute atomic E-state index is 0.0361. The molecular weight excluding hydrogens is 210 g/mol.